The van der Waals surface area contributed by atoms with Gasteiger partial charge in [-0.25, -0.2) is 9.78 Å². The Kier molecular flexibility index (Phi) is 6.67. The summed E-state index contributed by atoms with van der Waals surface area (Å²) in [6.45, 7) is 7.81. The van der Waals surface area contributed by atoms with E-state index in [-0.39, 0.29) is 16.9 Å². The van der Waals surface area contributed by atoms with Crippen LogP contribution in [0.25, 0.3) is 28.5 Å². The zero-order chi connectivity index (χ0) is 20.7. The van der Waals surface area contributed by atoms with Gasteiger partial charge in [0.1, 0.15) is 17.5 Å². The predicted molar refractivity (Wildman–Crippen MR) is 113 cm³/mol. The Bertz CT molecular complexity index is 1050. The van der Waals surface area contributed by atoms with Crippen LogP contribution in [0.5, 0.6) is 0 Å². The van der Waals surface area contributed by atoms with Gasteiger partial charge in [0.25, 0.3) is 0 Å². The highest BCUT2D eigenvalue weighted by atomic mass is 16.4. The molecular formula is C23H21N3O2. The Morgan fingerprint density at radius 3 is 2.36 bits per heavy atom. The van der Waals surface area contributed by atoms with Gasteiger partial charge in [0.15, 0.2) is 0 Å². The monoisotopic (exact) mass is 371 g/mol. The molecule has 0 atom stereocenters. The molecule has 1 heterocycles. The van der Waals surface area contributed by atoms with Gasteiger partial charge in [0.05, 0.1) is 11.3 Å². The number of nitrogen functional groups attached to an aromatic ring is 1. The van der Waals surface area contributed by atoms with E-state index in [0.29, 0.717) is 16.8 Å². The summed E-state index contributed by atoms with van der Waals surface area (Å²) in [7, 11) is 0. The first-order valence-electron chi connectivity index (χ1n) is 8.81. The maximum absolute atomic E-state index is 11.0. The molecule has 5 heteroatoms. The molecule has 5 nitrogen and oxygen atoms in total. The third kappa shape index (κ3) is 4.08. The minimum Gasteiger partial charge on any atom is -0.478 e. The fourth-order valence-electron chi connectivity index (χ4n) is 2.75. The number of carboxylic acids is 1. The first-order valence-corrected chi connectivity index (χ1v) is 8.81. The summed E-state index contributed by atoms with van der Waals surface area (Å²) < 4.78 is 0. The van der Waals surface area contributed by atoms with E-state index in [9.17, 15) is 10.1 Å². The summed E-state index contributed by atoms with van der Waals surface area (Å²) >= 11 is 0. The van der Waals surface area contributed by atoms with Gasteiger partial charge < -0.3 is 10.8 Å². The van der Waals surface area contributed by atoms with Crippen LogP contribution in [-0.2, 0) is 0 Å². The van der Waals surface area contributed by atoms with Crippen molar-refractivity contribution in [2.45, 2.75) is 13.8 Å². The number of rotatable bonds is 4. The van der Waals surface area contributed by atoms with E-state index in [4.69, 9.17) is 10.8 Å². The first-order chi connectivity index (χ1) is 13.5. The molecule has 3 aromatic rings. The topological polar surface area (TPSA) is 100 Å². The van der Waals surface area contributed by atoms with Gasteiger partial charge in [-0.2, -0.15) is 5.26 Å². The second-order valence-corrected chi connectivity index (χ2v) is 5.60. The maximum Gasteiger partial charge on any atom is 0.335 e. The van der Waals surface area contributed by atoms with Crippen molar-refractivity contribution >= 4 is 17.9 Å². The summed E-state index contributed by atoms with van der Waals surface area (Å²) in [6.07, 6.45) is 1.73. The van der Waals surface area contributed by atoms with E-state index in [2.05, 4.69) is 17.6 Å². The molecule has 1 aromatic heterocycles. The number of nitrogens with two attached hydrogens (primary N) is 1. The van der Waals surface area contributed by atoms with E-state index in [0.717, 1.165) is 11.1 Å². The number of hydrogen-bond donors (Lipinski definition) is 2. The molecule has 0 amide bonds. The van der Waals surface area contributed by atoms with Gasteiger partial charge in [-0.3, -0.25) is 0 Å². The molecule has 0 radical (unpaired) electrons. The standard InChI is InChI=1S/C21H15N3O2.C2H6/c1-2-13-5-3-4-6-16(13)19-11-17(18(12-22)20(23)24-19)14-7-9-15(10-8-14)21(25)26;1-2/h2-11H,1H2,(H2,23,24)(H,25,26);1-2H3. The zero-order valence-electron chi connectivity index (χ0n) is 15.8. The number of benzene rings is 2. The molecule has 0 aliphatic heterocycles. The zero-order valence-corrected chi connectivity index (χ0v) is 15.8. The fourth-order valence-corrected chi connectivity index (χ4v) is 2.75. The van der Waals surface area contributed by atoms with Gasteiger partial charge in [-0.1, -0.05) is 62.9 Å². The van der Waals surface area contributed by atoms with Crippen LogP contribution in [0.3, 0.4) is 0 Å². The number of nitriles is 1. The second kappa shape index (κ2) is 9.15. The normalized spacial score (nSPS) is 9.61. The van der Waals surface area contributed by atoms with E-state index < -0.39 is 5.97 Å². The van der Waals surface area contributed by atoms with Crippen molar-refractivity contribution in [3.05, 3.63) is 77.9 Å². The number of carboxylic acid groups (broad SMARTS) is 1. The Morgan fingerprint density at radius 2 is 1.79 bits per heavy atom. The van der Waals surface area contributed by atoms with Crippen LogP contribution < -0.4 is 5.73 Å². The summed E-state index contributed by atoms with van der Waals surface area (Å²) in [5, 5.41) is 18.5. The van der Waals surface area contributed by atoms with Gasteiger partial charge >= 0.3 is 5.97 Å². The molecule has 0 saturated carbocycles. The van der Waals surface area contributed by atoms with Crippen molar-refractivity contribution < 1.29 is 9.90 Å². The molecule has 0 bridgehead atoms. The quantitative estimate of drug-likeness (QED) is 0.653. The molecule has 0 fully saturated rings. The summed E-state index contributed by atoms with van der Waals surface area (Å²) in [5.41, 5.74) is 10.1. The van der Waals surface area contributed by atoms with Crippen LogP contribution in [0, 0.1) is 11.3 Å². The Balaban J connectivity index is 0.00000136. The number of anilines is 1. The van der Waals surface area contributed by atoms with E-state index in [1.807, 2.05) is 38.1 Å². The molecule has 0 aliphatic carbocycles. The minimum atomic E-state index is -1.01. The smallest absolute Gasteiger partial charge is 0.335 e. The molecule has 3 N–H and O–H groups in total. The SMILES string of the molecule is C=Cc1ccccc1-c1cc(-c2ccc(C(=O)O)cc2)c(C#N)c(N)n1.CC. The fraction of sp³-hybridized carbons (Fsp3) is 0.0870. The molecule has 0 spiro atoms. The Hall–Kier alpha value is -3.91. The lowest BCUT2D eigenvalue weighted by atomic mass is 9.96. The van der Waals surface area contributed by atoms with Crippen molar-refractivity contribution in [3.63, 3.8) is 0 Å². The molecule has 3 rings (SSSR count). The van der Waals surface area contributed by atoms with Crippen molar-refractivity contribution in [1.82, 2.24) is 4.98 Å². The molecule has 0 unspecified atom stereocenters. The Morgan fingerprint density at radius 1 is 1.14 bits per heavy atom. The van der Waals surface area contributed by atoms with Gasteiger partial charge in [0.2, 0.25) is 0 Å². The second-order valence-electron chi connectivity index (χ2n) is 5.60. The number of hydrogen-bond acceptors (Lipinski definition) is 4. The minimum absolute atomic E-state index is 0.126. The van der Waals surface area contributed by atoms with Crippen molar-refractivity contribution in [2.75, 3.05) is 5.73 Å². The molecule has 28 heavy (non-hydrogen) atoms. The highest BCUT2D eigenvalue weighted by molar-refractivity contribution is 5.89. The van der Waals surface area contributed by atoms with Gasteiger partial charge in [-0.15, -0.1) is 0 Å². The summed E-state index contributed by atoms with van der Waals surface area (Å²) in [5.74, 6) is -0.881. The largest absolute Gasteiger partial charge is 0.478 e. The molecule has 0 saturated heterocycles. The average Bonchev–Trinajstić information content (AvgIpc) is 2.74. The summed E-state index contributed by atoms with van der Waals surface area (Å²) in [4.78, 5) is 15.4. The first kappa shape index (κ1) is 20.4. The van der Waals surface area contributed by atoms with Gasteiger partial charge in [-0.05, 0) is 29.3 Å². The third-order valence-electron chi connectivity index (χ3n) is 4.06. The van der Waals surface area contributed by atoms with Crippen molar-refractivity contribution in [3.8, 4) is 28.5 Å². The number of carbonyl (C=O) groups is 1. The lowest BCUT2D eigenvalue weighted by Gasteiger charge is -2.12. The predicted octanol–water partition coefficient (Wildman–Crippen LogP) is 5.24. The van der Waals surface area contributed by atoms with Crippen LogP contribution in [-0.4, -0.2) is 16.1 Å². The number of aromatic carboxylic acids is 1. The number of aromatic nitrogens is 1. The Labute approximate surface area is 164 Å². The highest BCUT2D eigenvalue weighted by Crippen LogP contribution is 2.32. The molecule has 140 valence electrons. The van der Waals surface area contributed by atoms with Crippen LogP contribution in [0.1, 0.15) is 35.3 Å². The van der Waals surface area contributed by atoms with Gasteiger partial charge in [0, 0.05) is 11.1 Å². The van der Waals surface area contributed by atoms with Crippen molar-refractivity contribution in [2.24, 2.45) is 0 Å². The van der Waals surface area contributed by atoms with Crippen LogP contribution in [0.15, 0.2) is 61.2 Å². The van der Waals surface area contributed by atoms with Crippen molar-refractivity contribution in [1.29, 1.82) is 5.26 Å². The van der Waals surface area contributed by atoms with Crippen LogP contribution >= 0.6 is 0 Å². The number of pyridine rings is 1. The van der Waals surface area contributed by atoms with E-state index >= 15 is 0 Å². The van der Waals surface area contributed by atoms with Crippen LogP contribution in [0.2, 0.25) is 0 Å². The van der Waals surface area contributed by atoms with E-state index in [1.54, 1.807) is 24.3 Å². The summed E-state index contributed by atoms with van der Waals surface area (Å²) in [6, 6.07) is 17.8. The van der Waals surface area contributed by atoms with Crippen LogP contribution in [0.4, 0.5) is 5.82 Å². The highest BCUT2D eigenvalue weighted by Gasteiger charge is 2.15. The molecule has 0 aliphatic rings. The number of nitrogens with zero attached hydrogens (tertiary/aromatic N) is 2. The average molecular weight is 371 g/mol. The lowest BCUT2D eigenvalue weighted by Crippen LogP contribution is -2.01. The molecule has 2 aromatic carbocycles. The van der Waals surface area contributed by atoms with E-state index in [1.165, 1.54) is 12.1 Å². The third-order valence-corrected chi connectivity index (χ3v) is 4.06. The molecular weight excluding hydrogens is 350 g/mol. The lowest BCUT2D eigenvalue weighted by molar-refractivity contribution is 0.0697. The maximum atomic E-state index is 11.0.